The summed E-state index contributed by atoms with van der Waals surface area (Å²) in [6, 6.07) is 18.2. The second-order valence-corrected chi connectivity index (χ2v) is 9.34. The highest BCUT2D eigenvalue weighted by Gasteiger charge is 2.35. The summed E-state index contributed by atoms with van der Waals surface area (Å²) in [7, 11) is 1.39. The molecule has 0 radical (unpaired) electrons. The molecule has 1 N–H and O–H groups in total. The molecule has 4 rings (SSSR count). The molecule has 0 bridgehead atoms. The Morgan fingerprint density at radius 1 is 1.06 bits per heavy atom. The van der Waals surface area contributed by atoms with Crippen LogP contribution in [-0.4, -0.2) is 75.9 Å². The van der Waals surface area contributed by atoms with E-state index in [2.05, 4.69) is 46.3 Å². The Kier molecular flexibility index (Phi) is 7.85. The van der Waals surface area contributed by atoms with Crippen LogP contribution in [0.15, 0.2) is 54.6 Å². The Hall–Kier alpha value is -2.90. The first-order valence-corrected chi connectivity index (χ1v) is 12.1. The highest BCUT2D eigenvalue weighted by Crippen LogP contribution is 2.34. The van der Waals surface area contributed by atoms with Crippen LogP contribution in [-0.2, 0) is 19.7 Å². The number of carbonyl (C=O) groups is 2. The molecule has 2 heterocycles. The Balaban J connectivity index is 1.30. The minimum Gasteiger partial charge on any atom is -0.465 e. The first-order chi connectivity index (χ1) is 16.5. The van der Waals surface area contributed by atoms with Gasteiger partial charge in [0.15, 0.2) is 0 Å². The molecule has 2 fully saturated rings. The summed E-state index contributed by atoms with van der Waals surface area (Å²) in [6.45, 7) is 7.13. The summed E-state index contributed by atoms with van der Waals surface area (Å²) >= 11 is 0. The highest BCUT2D eigenvalue weighted by atomic mass is 16.5. The Morgan fingerprint density at radius 3 is 2.41 bits per heavy atom. The minimum atomic E-state index is -0.328. The summed E-state index contributed by atoms with van der Waals surface area (Å²) in [5.41, 5.74) is 2.84. The third-order valence-corrected chi connectivity index (χ3v) is 7.23. The molecule has 34 heavy (non-hydrogen) atoms. The smallest absolute Gasteiger partial charge is 0.337 e. The van der Waals surface area contributed by atoms with Crippen LogP contribution in [0.3, 0.4) is 0 Å². The maximum Gasteiger partial charge on any atom is 0.337 e. The molecule has 0 aliphatic carbocycles. The van der Waals surface area contributed by atoms with E-state index in [-0.39, 0.29) is 23.3 Å². The van der Waals surface area contributed by atoms with E-state index in [1.807, 2.05) is 18.2 Å². The van der Waals surface area contributed by atoms with E-state index in [9.17, 15) is 9.59 Å². The fourth-order valence-electron chi connectivity index (χ4n) is 5.02. The molecule has 2 aliphatic heterocycles. The molecule has 0 saturated carbocycles. The van der Waals surface area contributed by atoms with Gasteiger partial charge in [0.1, 0.15) is 0 Å². The molecule has 2 aromatic rings. The fraction of sp³-hybridized carbons (Fsp3) is 0.481. The van der Waals surface area contributed by atoms with E-state index in [0.717, 1.165) is 51.4 Å². The Bertz CT molecular complexity index is 958. The highest BCUT2D eigenvalue weighted by molar-refractivity contribution is 5.89. The van der Waals surface area contributed by atoms with Crippen molar-refractivity contribution in [1.82, 2.24) is 10.2 Å². The maximum absolute atomic E-state index is 12.9. The lowest BCUT2D eigenvalue weighted by Crippen LogP contribution is -2.55. The van der Waals surface area contributed by atoms with E-state index in [4.69, 9.17) is 9.47 Å². The van der Waals surface area contributed by atoms with Crippen molar-refractivity contribution in [3.8, 4) is 0 Å². The molecular weight excluding hydrogens is 430 g/mol. The van der Waals surface area contributed by atoms with Gasteiger partial charge < -0.3 is 19.7 Å². The molecule has 7 heteroatoms. The summed E-state index contributed by atoms with van der Waals surface area (Å²) in [4.78, 5) is 29.1. The molecule has 7 nitrogen and oxygen atoms in total. The average molecular weight is 466 g/mol. The number of carbonyl (C=O) groups excluding carboxylic acids is 2. The van der Waals surface area contributed by atoms with Gasteiger partial charge in [-0.2, -0.15) is 0 Å². The van der Waals surface area contributed by atoms with E-state index in [1.54, 1.807) is 12.1 Å². The van der Waals surface area contributed by atoms with E-state index >= 15 is 0 Å². The number of anilines is 1. The molecule has 182 valence electrons. The van der Waals surface area contributed by atoms with Crippen LogP contribution < -0.4 is 10.2 Å². The molecular formula is C27H35N3O4. The van der Waals surface area contributed by atoms with Crippen molar-refractivity contribution < 1.29 is 19.1 Å². The van der Waals surface area contributed by atoms with Crippen LogP contribution in [0.25, 0.3) is 0 Å². The van der Waals surface area contributed by atoms with Crippen molar-refractivity contribution in [2.24, 2.45) is 0 Å². The Morgan fingerprint density at radius 2 is 1.76 bits per heavy atom. The number of methoxy groups -OCH3 is 1. The number of amides is 1. The normalized spacial score (nSPS) is 20.5. The van der Waals surface area contributed by atoms with E-state index < -0.39 is 0 Å². The number of nitrogens with zero attached hydrogens (tertiary/aromatic N) is 2. The second kappa shape index (κ2) is 11.0. The number of hydrogen-bond acceptors (Lipinski definition) is 6. The van der Waals surface area contributed by atoms with Gasteiger partial charge in [-0.25, -0.2) is 4.79 Å². The molecule has 1 amide bonds. The molecule has 1 unspecified atom stereocenters. The fourth-order valence-corrected chi connectivity index (χ4v) is 5.02. The number of benzene rings is 2. The molecule has 0 spiro atoms. The van der Waals surface area contributed by atoms with Gasteiger partial charge in [-0.05, 0) is 49.6 Å². The first-order valence-electron chi connectivity index (χ1n) is 12.1. The van der Waals surface area contributed by atoms with Crippen LogP contribution in [0, 0.1) is 0 Å². The molecule has 2 saturated heterocycles. The topological polar surface area (TPSA) is 71.1 Å². The van der Waals surface area contributed by atoms with Crippen molar-refractivity contribution in [2.45, 2.75) is 31.2 Å². The van der Waals surface area contributed by atoms with Crippen molar-refractivity contribution in [3.63, 3.8) is 0 Å². The third kappa shape index (κ3) is 5.59. The summed E-state index contributed by atoms with van der Waals surface area (Å²) in [6.07, 6.45) is 1.84. The Labute approximate surface area is 202 Å². The third-order valence-electron chi connectivity index (χ3n) is 7.23. The molecule has 2 aliphatic rings. The lowest BCUT2D eigenvalue weighted by atomic mass is 9.74. The zero-order valence-corrected chi connectivity index (χ0v) is 20.2. The van der Waals surface area contributed by atoms with Crippen LogP contribution in [0.2, 0.25) is 0 Å². The zero-order valence-electron chi connectivity index (χ0n) is 20.2. The second-order valence-electron chi connectivity index (χ2n) is 9.34. The monoisotopic (exact) mass is 465 g/mol. The van der Waals surface area contributed by atoms with Crippen LogP contribution in [0.1, 0.15) is 35.7 Å². The lowest BCUT2D eigenvalue weighted by Gasteiger charge is -2.41. The van der Waals surface area contributed by atoms with Crippen LogP contribution in [0.4, 0.5) is 5.69 Å². The summed E-state index contributed by atoms with van der Waals surface area (Å²) < 4.78 is 10.4. The molecule has 0 aromatic heterocycles. The average Bonchev–Trinajstić information content (AvgIpc) is 2.89. The van der Waals surface area contributed by atoms with Crippen molar-refractivity contribution >= 4 is 17.6 Å². The van der Waals surface area contributed by atoms with Crippen molar-refractivity contribution in [2.75, 3.05) is 57.9 Å². The quantitative estimate of drug-likeness (QED) is 0.634. The van der Waals surface area contributed by atoms with Crippen molar-refractivity contribution in [1.29, 1.82) is 0 Å². The minimum absolute atomic E-state index is 0.0597. The predicted octanol–water partition coefficient (Wildman–Crippen LogP) is 2.85. The van der Waals surface area contributed by atoms with Gasteiger partial charge in [0.05, 0.1) is 19.2 Å². The van der Waals surface area contributed by atoms with Gasteiger partial charge in [-0.15, -0.1) is 0 Å². The number of nitrogens with one attached hydrogen (secondary N) is 1. The van der Waals surface area contributed by atoms with Gasteiger partial charge in [0, 0.05) is 56.5 Å². The number of rotatable bonds is 7. The lowest BCUT2D eigenvalue weighted by molar-refractivity contribution is -0.123. The van der Waals surface area contributed by atoms with Gasteiger partial charge in [0.25, 0.3) is 0 Å². The standard InChI is InChI=1S/C27H35N3O4/c1-21-18-30(24-10-8-22(9-11-24)26(32)33-2)15-14-29(21)19-25(31)28-20-27(12-16-34-17-13-27)23-6-4-3-5-7-23/h3-11,21H,12-20H2,1-2H3,(H,28,31). The molecule has 1 atom stereocenters. The zero-order chi connectivity index (χ0) is 24.0. The maximum atomic E-state index is 12.9. The van der Waals surface area contributed by atoms with Crippen molar-refractivity contribution in [3.05, 3.63) is 65.7 Å². The first kappa shape index (κ1) is 24.2. The summed E-state index contributed by atoms with van der Waals surface area (Å²) in [5, 5.41) is 3.23. The number of ether oxygens (including phenoxy) is 2. The SMILES string of the molecule is COC(=O)c1ccc(N2CCN(CC(=O)NCC3(c4ccccc4)CCOCC3)C(C)C2)cc1. The van der Waals surface area contributed by atoms with Crippen LogP contribution >= 0.6 is 0 Å². The van der Waals surface area contributed by atoms with E-state index in [0.29, 0.717) is 18.7 Å². The predicted molar refractivity (Wildman–Crippen MR) is 132 cm³/mol. The number of piperazine rings is 1. The van der Waals surface area contributed by atoms with E-state index in [1.165, 1.54) is 12.7 Å². The number of hydrogen-bond donors (Lipinski definition) is 1. The van der Waals surface area contributed by atoms with Gasteiger partial charge >= 0.3 is 5.97 Å². The molecule has 2 aromatic carbocycles. The van der Waals surface area contributed by atoms with Crippen LogP contribution in [0.5, 0.6) is 0 Å². The summed E-state index contributed by atoms with van der Waals surface area (Å²) in [5.74, 6) is -0.255. The van der Waals surface area contributed by atoms with Gasteiger partial charge in [-0.1, -0.05) is 30.3 Å². The largest absolute Gasteiger partial charge is 0.465 e. The number of esters is 1. The van der Waals surface area contributed by atoms with Gasteiger partial charge in [-0.3, -0.25) is 9.69 Å². The van der Waals surface area contributed by atoms with Gasteiger partial charge in [0.2, 0.25) is 5.91 Å².